The van der Waals surface area contributed by atoms with Crippen LogP contribution in [0.1, 0.15) is 51.4 Å². The summed E-state index contributed by atoms with van der Waals surface area (Å²) >= 11 is 7.15. The van der Waals surface area contributed by atoms with Gasteiger partial charge in [0, 0.05) is 21.2 Å². The van der Waals surface area contributed by atoms with E-state index in [1.54, 1.807) is 6.92 Å². The number of rotatable bonds is 7. The van der Waals surface area contributed by atoms with Crippen molar-refractivity contribution in [3.8, 4) is 0 Å². The van der Waals surface area contributed by atoms with E-state index in [0.717, 1.165) is 23.3 Å². The first kappa shape index (κ1) is 27.6. The van der Waals surface area contributed by atoms with Crippen LogP contribution in [0.2, 0.25) is 5.02 Å². The van der Waals surface area contributed by atoms with Crippen molar-refractivity contribution < 1.29 is 27.5 Å². The van der Waals surface area contributed by atoms with Crippen molar-refractivity contribution in [1.82, 2.24) is 5.32 Å². The summed E-state index contributed by atoms with van der Waals surface area (Å²) in [5.41, 5.74) is 1.63. The number of carbonyl (C=O) groups excluding carboxylic acids is 3. The van der Waals surface area contributed by atoms with Crippen LogP contribution in [0.3, 0.4) is 0 Å². The fourth-order valence-corrected chi connectivity index (χ4v) is 6.68. The van der Waals surface area contributed by atoms with Crippen LogP contribution in [-0.4, -0.2) is 32.9 Å². The van der Waals surface area contributed by atoms with E-state index in [4.69, 9.17) is 16.3 Å². The molecule has 0 aliphatic heterocycles. The van der Waals surface area contributed by atoms with Gasteiger partial charge in [0.15, 0.2) is 0 Å². The largest absolute Gasteiger partial charge is 0.450 e. The number of hydrogen-bond acceptors (Lipinski definition) is 7. The zero-order valence-electron chi connectivity index (χ0n) is 20.7. The minimum Gasteiger partial charge on any atom is -0.450 e. The van der Waals surface area contributed by atoms with Gasteiger partial charge in [-0.2, -0.15) is 0 Å². The molecule has 0 fully saturated rings. The molecule has 3 amide bonds. The van der Waals surface area contributed by atoms with E-state index in [0.29, 0.717) is 22.4 Å². The number of halogens is 1. The lowest BCUT2D eigenvalue weighted by atomic mass is 9.88. The highest BCUT2D eigenvalue weighted by atomic mass is 35.5. The predicted octanol–water partition coefficient (Wildman–Crippen LogP) is 5.47. The summed E-state index contributed by atoms with van der Waals surface area (Å²) in [7, 11) is -3.84. The summed E-state index contributed by atoms with van der Waals surface area (Å²) in [4.78, 5) is 38.9. The first-order valence-electron chi connectivity index (χ1n) is 11.9. The number of fused-ring (bicyclic) bond motifs is 1. The Morgan fingerprint density at radius 1 is 1.05 bits per heavy atom. The number of thiophene rings is 1. The van der Waals surface area contributed by atoms with Crippen molar-refractivity contribution in [3.05, 3.63) is 75.1 Å². The average molecular weight is 576 g/mol. The second-order valence-corrected chi connectivity index (χ2v) is 12.0. The SMILES string of the molecule is CCOC(=O)NC(=O)c1c(NC(=O)c2ccc(NS(=O)(=O)c3ccc(Cl)cc3)cc2)sc2c1CCC(C)C2. The molecule has 0 saturated heterocycles. The van der Waals surface area contributed by atoms with Crippen LogP contribution >= 0.6 is 22.9 Å². The molecule has 1 aliphatic carbocycles. The van der Waals surface area contributed by atoms with E-state index in [1.165, 1.54) is 59.9 Å². The van der Waals surface area contributed by atoms with E-state index in [-0.39, 0.29) is 28.3 Å². The molecule has 0 saturated carbocycles. The summed E-state index contributed by atoms with van der Waals surface area (Å²) in [6, 6.07) is 11.6. The van der Waals surface area contributed by atoms with E-state index >= 15 is 0 Å². The van der Waals surface area contributed by atoms with Crippen LogP contribution in [0.15, 0.2) is 53.4 Å². The monoisotopic (exact) mass is 575 g/mol. The maximum absolute atomic E-state index is 13.1. The Balaban J connectivity index is 1.52. The van der Waals surface area contributed by atoms with Gasteiger partial charge in [0.1, 0.15) is 5.00 Å². The van der Waals surface area contributed by atoms with Gasteiger partial charge in [-0.1, -0.05) is 18.5 Å². The quantitative estimate of drug-likeness (QED) is 0.342. The Morgan fingerprint density at radius 2 is 1.74 bits per heavy atom. The minimum absolute atomic E-state index is 0.0494. The van der Waals surface area contributed by atoms with Crippen LogP contribution in [0.5, 0.6) is 0 Å². The molecule has 1 heterocycles. The maximum Gasteiger partial charge on any atom is 0.414 e. The zero-order valence-corrected chi connectivity index (χ0v) is 23.1. The van der Waals surface area contributed by atoms with E-state index < -0.39 is 27.9 Å². The van der Waals surface area contributed by atoms with Gasteiger partial charge in [-0.25, -0.2) is 13.2 Å². The van der Waals surface area contributed by atoms with Gasteiger partial charge in [-0.05, 0) is 86.2 Å². The number of sulfonamides is 1. The fourth-order valence-electron chi connectivity index (χ4n) is 4.09. The molecule has 38 heavy (non-hydrogen) atoms. The van der Waals surface area contributed by atoms with Crippen LogP contribution in [0, 0.1) is 5.92 Å². The molecule has 3 N–H and O–H groups in total. The van der Waals surface area contributed by atoms with Gasteiger partial charge < -0.3 is 10.1 Å². The molecule has 9 nitrogen and oxygen atoms in total. The Kier molecular flexibility index (Phi) is 8.39. The number of benzene rings is 2. The number of alkyl carbamates (subject to hydrolysis) is 1. The Bertz CT molecular complexity index is 1470. The second-order valence-electron chi connectivity index (χ2n) is 8.82. The lowest BCUT2D eigenvalue weighted by Crippen LogP contribution is -2.32. The molecular weight excluding hydrogens is 550 g/mol. The van der Waals surface area contributed by atoms with Gasteiger partial charge in [0.2, 0.25) is 0 Å². The molecule has 1 aliphatic rings. The van der Waals surface area contributed by atoms with Crippen LogP contribution in [-0.2, 0) is 27.6 Å². The smallest absolute Gasteiger partial charge is 0.414 e. The van der Waals surface area contributed by atoms with Gasteiger partial charge in [0.25, 0.3) is 21.8 Å². The number of imide groups is 1. The molecule has 1 atom stereocenters. The number of anilines is 2. The maximum atomic E-state index is 13.1. The summed E-state index contributed by atoms with van der Waals surface area (Å²) in [5.74, 6) is -0.665. The minimum atomic E-state index is -3.84. The normalized spacial score (nSPS) is 14.8. The molecule has 1 aromatic heterocycles. The molecule has 4 rings (SSSR count). The predicted molar refractivity (Wildman–Crippen MR) is 147 cm³/mol. The molecule has 0 spiro atoms. The fraction of sp³-hybridized carbons (Fsp3) is 0.269. The van der Waals surface area contributed by atoms with E-state index in [9.17, 15) is 22.8 Å². The zero-order chi connectivity index (χ0) is 27.4. The first-order chi connectivity index (χ1) is 18.1. The average Bonchev–Trinajstić information content (AvgIpc) is 3.21. The number of nitrogens with one attached hydrogen (secondary N) is 3. The standard InChI is InChI=1S/C26H26ClN3O6S2/c1-3-36-26(33)29-24(32)22-20-13-4-15(2)14-21(20)37-25(22)28-23(31)16-5-9-18(10-6-16)30-38(34,35)19-11-7-17(27)8-12-19/h5-12,15,30H,3-4,13-14H2,1-2H3,(H,28,31)(H,29,32,33). The van der Waals surface area contributed by atoms with E-state index in [1.807, 2.05) is 0 Å². The number of carbonyl (C=O) groups is 3. The van der Waals surface area contributed by atoms with Crippen molar-refractivity contribution in [2.24, 2.45) is 5.92 Å². The summed E-state index contributed by atoms with van der Waals surface area (Å²) in [6.45, 7) is 3.88. The highest BCUT2D eigenvalue weighted by Crippen LogP contribution is 2.40. The molecule has 2 aromatic carbocycles. The van der Waals surface area contributed by atoms with Crippen molar-refractivity contribution in [1.29, 1.82) is 0 Å². The lowest BCUT2D eigenvalue weighted by Gasteiger charge is -2.18. The van der Waals surface area contributed by atoms with Crippen LogP contribution in [0.25, 0.3) is 0 Å². The third kappa shape index (κ3) is 6.35. The van der Waals surface area contributed by atoms with Gasteiger partial charge >= 0.3 is 6.09 Å². The molecule has 0 bridgehead atoms. The van der Waals surface area contributed by atoms with Crippen LogP contribution in [0.4, 0.5) is 15.5 Å². The van der Waals surface area contributed by atoms with E-state index in [2.05, 4.69) is 22.3 Å². The highest BCUT2D eigenvalue weighted by Gasteiger charge is 2.29. The van der Waals surface area contributed by atoms with Crippen LogP contribution < -0.4 is 15.4 Å². The second kappa shape index (κ2) is 11.5. The number of ether oxygens (including phenoxy) is 1. The Labute approximate surface area is 229 Å². The Hall–Kier alpha value is -3.41. The molecule has 200 valence electrons. The molecular formula is C26H26ClN3O6S2. The Morgan fingerprint density at radius 3 is 2.39 bits per heavy atom. The topological polar surface area (TPSA) is 131 Å². The molecule has 12 heteroatoms. The van der Waals surface area contributed by atoms with Crippen molar-refractivity contribution in [2.75, 3.05) is 16.6 Å². The molecule has 0 radical (unpaired) electrons. The highest BCUT2D eigenvalue weighted by molar-refractivity contribution is 7.92. The lowest BCUT2D eigenvalue weighted by molar-refractivity contribution is 0.0925. The number of hydrogen-bond donors (Lipinski definition) is 3. The third-order valence-corrected chi connectivity index (χ3v) is 8.80. The third-order valence-electron chi connectivity index (χ3n) is 5.98. The summed E-state index contributed by atoms with van der Waals surface area (Å²) in [5, 5.41) is 5.79. The molecule has 3 aromatic rings. The summed E-state index contributed by atoms with van der Waals surface area (Å²) in [6.07, 6.45) is 1.48. The first-order valence-corrected chi connectivity index (χ1v) is 14.6. The van der Waals surface area contributed by atoms with Gasteiger partial charge in [-0.15, -0.1) is 11.3 Å². The van der Waals surface area contributed by atoms with Gasteiger partial charge in [-0.3, -0.25) is 19.6 Å². The molecule has 1 unspecified atom stereocenters. The van der Waals surface area contributed by atoms with Gasteiger partial charge in [0.05, 0.1) is 17.1 Å². The van der Waals surface area contributed by atoms with Crippen molar-refractivity contribution in [2.45, 2.75) is 38.0 Å². The number of amides is 3. The van der Waals surface area contributed by atoms with Crippen molar-refractivity contribution >= 4 is 61.6 Å². The van der Waals surface area contributed by atoms with Crippen molar-refractivity contribution in [3.63, 3.8) is 0 Å². The summed E-state index contributed by atoms with van der Waals surface area (Å²) < 4.78 is 32.5.